The molecule has 5 atom stereocenters. The van der Waals surface area contributed by atoms with Gasteiger partial charge in [-0.15, -0.1) is 0 Å². The third-order valence-corrected chi connectivity index (χ3v) is 9.35. The highest BCUT2D eigenvalue weighted by atomic mass is 16.2. The SMILES string of the molecule is CC(=O)N1CCN(C(C)CCC(C)N2CC3CCC(C2)N3Cc2ccccc2)CC1Cc1ccccc1. The fourth-order valence-electron chi connectivity index (χ4n) is 7.04. The zero-order chi connectivity index (χ0) is 25.8. The van der Waals surface area contributed by atoms with Gasteiger partial charge in [-0.25, -0.2) is 0 Å². The molecule has 3 aliphatic heterocycles. The molecule has 5 heteroatoms. The van der Waals surface area contributed by atoms with Crippen molar-refractivity contribution in [3.8, 4) is 0 Å². The molecule has 0 N–H and O–H groups in total. The quantitative estimate of drug-likeness (QED) is 0.499. The molecule has 200 valence electrons. The molecule has 3 saturated heterocycles. The smallest absolute Gasteiger partial charge is 0.219 e. The van der Waals surface area contributed by atoms with Crippen LogP contribution in [0.4, 0.5) is 0 Å². The maximum atomic E-state index is 12.3. The van der Waals surface area contributed by atoms with Crippen molar-refractivity contribution in [3.63, 3.8) is 0 Å². The van der Waals surface area contributed by atoms with Crippen LogP contribution in [0.1, 0.15) is 57.6 Å². The van der Waals surface area contributed by atoms with Gasteiger partial charge in [-0.05, 0) is 57.1 Å². The number of benzene rings is 2. The van der Waals surface area contributed by atoms with Crippen molar-refractivity contribution in [2.24, 2.45) is 0 Å². The number of rotatable bonds is 9. The van der Waals surface area contributed by atoms with Gasteiger partial charge in [0, 0.05) is 76.4 Å². The van der Waals surface area contributed by atoms with E-state index in [9.17, 15) is 4.79 Å². The number of carbonyl (C=O) groups is 1. The number of piperazine rings is 2. The maximum absolute atomic E-state index is 12.3. The average molecular weight is 503 g/mol. The first-order chi connectivity index (χ1) is 18.0. The van der Waals surface area contributed by atoms with Gasteiger partial charge in [0.2, 0.25) is 5.91 Å². The lowest BCUT2D eigenvalue weighted by atomic mass is 9.99. The number of nitrogens with zero attached hydrogens (tertiary/aromatic N) is 4. The highest BCUT2D eigenvalue weighted by Crippen LogP contribution is 2.33. The summed E-state index contributed by atoms with van der Waals surface area (Å²) in [4.78, 5) is 22.6. The van der Waals surface area contributed by atoms with Crippen LogP contribution in [0.3, 0.4) is 0 Å². The first-order valence-electron chi connectivity index (χ1n) is 14.6. The zero-order valence-corrected chi connectivity index (χ0v) is 23.1. The average Bonchev–Trinajstić information content (AvgIpc) is 3.13. The Labute approximate surface area is 224 Å². The van der Waals surface area contributed by atoms with Crippen LogP contribution in [0.25, 0.3) is 0 Å². The summed E-state index contributed by atoms with van der Waals surface area (Å²) in [5.41, 5.74) is 2.77. The molecular weight excluding hydrogens is 456 g/mol. The Kier molecular flexibility index (Phi) is 8.63. The van der Waals surface area contributed by atoms with Crippen molar-refractivity contribution in [2.75, 3.05) is 32.7 Å². The van der Waals surface area contributed by atoms with Crippen molar-refractivity contribution in [1.82, 2.24) is 19.6 Å². The molecule has 0 radical (unpaired) electrons. The summed E-state index contributed by atoms with van der Waals surface area (Å²) in [5, 5.41) is 0. The van der Waals surface area contributed by atoms with Crippen LogP contribution >= 0.6 is 0 Å². The van der Waals surface area contributed by atoms with E-state index in [1.54, 1.807) is 6.92 Å². The van der Waals surface area contributed by atoms with Crippen molar-refractivity contribution >= 4 is 5.91 Å². The van der Waals surface area contributed by atoms with Gasteiger partial charge in [-0.1, -0.05) is 60.7 Å². The summed E-state index contributed by atoms with van der Waals surface area (Å²) >= 11 is 0. The minimum atomic E-state index is 0.211. The highest BCUT2D eigenvalue weighted by Gasteiger charge is 2.41. The molecule has 3 fully saturated rings. The fourth-order valence-corrected chi connectivity index (χ4v) is 7.04. The van der Waals surface area contributed by atoms with Crippen molar-refractivity contribution in [3.05, 3.63) is 71.8 Å². The first kappa shape index (κ1) is 26.4. The van der Waals surface area contributed by atoms with E-state index in [1.165, 1.54) is 49.9 Å². The molecule has 5 nitrogen and oxygen atoms in total. The van der Waals surface area contributed by atoms with Crippen LogP contribution in [0.5, 0.6) is 0 Å². The molecule has 37 heavy (non-hydrogen) atoms. The second-order valence-corrected chi connectivity index (χ2v) is 11.8. The van der Waals surface area contributed by atoms with Gasteiger partial charge in [0.15, 0.2) is 0 Å². The Morgan fingerprint density at radius 3 is 1.95 bits per heavy atom. The van der Waals surface area contributed by atoms with Gasteiger partial charge >= 0.3 is 0 Å². The second-order valence-electron chi connectivity index (χ2n) is 11.8. The predicted molar refractivity (Wildman–Crippen MR) is 151 cm³/mol. The van der Waals surface area contributed by atoms with Gasteiger partial charge in [-0.2, -0.15) is 0 Å². The van der Waals surface area contributed by atoms with Crippen molar-refractivity contribution in [1.29, 1.82) is 0 Å². The Morgan fingerprint density at radius 1 is 0.784 bits per heavy atom. The molecule has 2 aromatic rings. The van der Waals surface area contributed by atoms with Gasteiger partial charge in [0.25, 0.3) is 0 Å². The van der Waals surface area contributed by atoms with Crippen LogP contribution < -0.4 is 0 Å². The molecular formula is C32H46N4O. The minimum Gasteiger partial charge on any atom is -0.337 e. The monoisotopic (exact) mass is 502 g/mol. The molecule has 2 aromatic carbocycles. The normalized spacial score (nSPS) is 26.8. The number of fused-ring (bicyclic) bond motifs is 2. The summed E-state index contributed by atoms with van der Waals surface area (Å²) in [6, 6.07) is 24.5. The van der Waals surface area contributed by atoms with E-state index in [-0.39, 0.29) is 11.9 Å². The van der Waals surface area contributed by atoms with Crippen LogP contribution in [0.2, 0.25) is 0 Å². The van der Waals surface area contributed by atoms with E-state index in [1.807, 2.05) is 0 Å². The van der Waals surface area contributed by atoms with Gasteiger partial charge < -0.3 is 4.90 Å². The molecule has 3 aliphatic rings. The Bertz CT molecular complexity index is 984. The molecule has 0 aliphatic carbocycles. The Morgan fingerprint density at radius 2 is 1.35 bits per heavy atom. The van der Waals surface area contributed by atoms with Crippen LogP contribution in [-0.4, -0.2) is 88.4 Å². The molecule has 5 unspecified atom stereocenters. The number of carbonyl (C=O) groups excluding carboxylic acids is 1. The number of hydrogen-bond donors (Lipinski definition) is 0. The number of likely N-dealkylation sites (tertiary alicyclic amines) is 1. The van der Waals surface area contributed by atoms with Crippen LogP contribution in [-0.2, 0) is 17.8 Å². The van der Waals surface area contributed by atoms with E-state index in [0.29, 0.717) is 24.2 Å². The number of amides is 1. The van der Waals surface area contributed by atoms with Gasteiger partial charge in [0.1, 0.15) is 0 Å². The van der Waals surface area contributed by atoms with Crippen LogP contribution in [0.15, 0.2) is 60.7 Å². The van der Waals surface area contributed by atoms with Crippen molar-refractivity contribution in [2.45, 2.75) is 89.6 Å². The third kappa shape index (κ3) is 6.45. The first-order valence-corrected chi connectivity index (χ1v) is 14.6. The van der Waals surface area contributed by atoms with Gasteiger partial charge in [-0.3, -0.25) is 19.5 Å². The molecule has 5 rings (SSSR count). The summed E-state index contributed by atoms with van der Waals surface area (Å²) in [7, 11) is 0. The summed E-state index contributed by atoms with van der Waals surface area (Å²) in [6.45, 7) is 12.9. The third-order valence-electron chi connectivity index (χ3n) is 9.35. The molecule has 3 heterocycles. The number of hydrogen-bond acceptors (Lipinski definition) is 4. The van der Waals surface area contributed by atoms with Crippen LogP contribution in [0, 0.1) is 0 Å². The Balaban J connectivity index is 1.12. The van der Waals surface area contributed by atoms with E-state index in [2.05, 4.69) is 94.1 Å². The molecule has 0 aromatic heterocycles. The summed E-state index contributed by atoms with van der Waals surface area (Å²) in [6.07, 6.45) is 6.10. The molecule has 0 spiro atoms. The summed E-state index contributed by atoms with van der Waals surface area (Å²) < 4.78 is 0. The lowest BCUT2D eigenvalue weighted by molar-refractivity contribution is -0.134. The predicted octanol–water partition coefficient (Wildman–Crippen LogP) is 4.67. The molecule has 0 saturated carbocycles. The van der Waals surface area contributed by atoms with Gasteiger partial charge in [0.05, 0.1) is 0 Å². The Hall–Kier alpha value is -2.21. The standard InChI is InChI=1S/C32H46N4O/c1-25(33-18-19-35(27(3)37)32(24-33)20-28-10-6-4-7-11-28)14-15-26(2)34-22-30-16-17-31(23-34)36(30)21-29-12-8-5-9-13-29/h4-13,25-26,30-32H,14-24H2,1-3H3. The van der Waals surface area contributed by atoms with E-state index >= 15 is 0 Å². The van der Waals surface area contributed by atoms with E-state index < -0.39 is 0 Å². The lowest BCUT2D eigenvalue weighted by Gasteiger charge is -2.45. The minimum absolute atomic E-state index is 0.211. The summed E-state index contributed by atoms with van der Waals surface area (Å²) in [5.74, 6) is 0.211. The lowest BCUT2D eigenvalue weighted by Crippen LogP contribution is -2.57. The fraction of sp³-hybridized carbons (Fsp3) is 0.594. The maximum Gasteiger partial charge on any atom is 0.219 e. The van der Waals surface area contributed by atoms with E-state index in [4.69, 9.17) is 0 Å². The topological polar surface area (TPSA) is 30.0 Å². The van der Waals surface area contributed by atoms with E-state index in [0.717, 1.165) is 32.6 Å². The second kappa shape index (κ2) is 12.1. The molecule has 1 amide bonds. The highest BCUT2D eigenvalue weighted by molar-refractivity contribution is 5.73. The largest absolute Gasteiger partial charge is 0.337 e. The zero-order valence-electron chi connectivity index (χ0n) is 23.1. The van der Waals surface area contributed by atoms with Crippen molar-refractivity contribution < 1.29 is 4.79 Å². The molecule has 2 bridgehead atoms.